The van der Waals surface area contributed by atoms with Crippen LogP contribution in [-0.2, 0) is 18.9 Å². The number of hydrogen-bond acceptors (Lipinski definition) is 8. The van der Waals surface area contributed by atoms with Crippen LogP contribution in [0.4, 0.5) is 0 Å². The Bertz CT molecular complexity index is 161. The van der Waals surface area contributed by atoms with Gasteiger partial charge < -0.3 is 40.6 Å². The van der Waals surface area contributed by atoms with Crippen LogP contribution in [0.3, 0.4) is 0 Å². The SMILES string of the molecule is NCCCOCCCN.OCCOCCOCCOCCO. The van der Waals surface area contributed by atoms with Crippen molar-refractivity contribution in [1.82, 2.24) is 0 Å². The molecule has 0 rings (SSSR count). The maximum absolute atomic E-state index is 8.36. The van der Waals surface area contributed by atoms with E-state index in [0.717, 1.165) is 26.1 Å². The van der Waals surface area contributed by atoms with Crippen molar-refractivity contribution in [3.63, 3.8) is 0 Å². The van der Waals surface area contributed by atoms with Gasteiger partial charge in [-0.15, -0.1) is 0 Å². The number of aliphatic hydroxyl groups excluding tert-OH is 2. The van der Waals surface area contributed by atoms with E-state index in [4.69, 9.17) is 40.6 Å². The summed E-state index contributed by atoms with van der Waals surface area (Å²) < 4.78 is 20.2. The molecule has 0 aromatic carbocycles. The van der Waals surface area contributed by atoms with Crippen molar-refractivity contribution in [1.29, 1.82) is 0 Å². The summed E-state index contributed by atoms with van der Waals surface area (Å²) in [6, 6.07) is 0. The van der Waals surface area contributed by atoms with Crippen molar-refractivity contribution >= 4 is 0 Å². The third-order valence-electron chi connectivity index (χ3n) is 2.20. The third-order valence-corrected chi connectivity index (χ3v) is 2.20. The maximum atomic E-state index is 8.36. The normalized spacial score (nSPS) is 10.4. The first kappa shape index (κ1) is 23.9. The summed E-state index contributed by atoms with van der Waals surface area (Å²) in [7, 11) is 0. The molecule has 136 valence electrons. The topological polar surface area (TPSA) is 129 Å². The summed E-state index contributed by atoms with van der Waals surface area (Å²) in [5.74, 6) is 0. The van der Waals surface area contributed by atoms with E-state index in [9.17, 15) is 0 Å². The minimum absolute atomic E-state index is 0.0413. The minimum atomic E-state index is 0.0413. The Balaban J connectivity index is 0. The molecule has 0 amide bonds. The van der Waals surface area contributed by atoms with Gasteiger partial charge in [-0.1, -0.05) is 0 Å². The molecule has 0 heterocycles. The van der Waals surface area contributed by atoms with E-state index in [1.165, 1.54) is 0 Å². The monoisotopic (exact) mass is 326 g/mol. The van der Waals surface area contributed by atoms with Crippen LogP contribution in [0.1, 0.15) is 12.8 Å². The van der Waals surface area contributed by atoms with Gasteiger partial charge in [0.05, 0.1) is 52.9 Å². The van der Waals surface area contributed by atoms with Crippen molar-refractivity contribution < 1.29 is 29.2 Å². The van der Waals surface area contributed by atoms with Crippen molar-refractivity contribution in [2.45, 2.75) is 12.8 Å². The number of hydrogen-bond donors (Lipinski definition) is 4. The zero-order valence-corrected chi connectivity index (χ0v) is 13.6. The average Bonchev–Trinajstić information content (AvgIpc) is 2.54. The molecule has 0 radical (unpaired) electrons. The molecule has 0 saturated heterocycles. The van der Waals surface area contributed by atoms with Gasteiger partial charge >= 0.3 is 0 Å². The van der Waals surface area contributed by atoms with Crippen LogP contribution in [0.25, 0.3) is 0 Å². The van der Waals surface area contributed by atoms with Crippen LogP contribution in [-0.4, -0.2) is 89.4 Å². The van der Waals surface area contributed by atoms with E-state index < -0.39 is 0 Å². The van der Waals surface area contributed by atoms with E-state index >= 15 is 0 Å². The summed E-state index contributed by atoms with van der Waals surface area (Å²) in [6.45, 7) is 5.73. The molecule has 0 fully saturated rings. The van der Waals surface area contributed by atoms with E-state index in [-0.39, 0.29) is 13.2 Å². The fraction of sp³-hybridized carbons (Fsp3) is 1.00. The summed E-state index contributed by atoms with van der Waals surface area (Å²) >= 11 is 0. The van der Waals surface area contributed by atoms with Crippen molar-refractivity contribution in [2.24, 2.45) is 11.5 Å². The highest BCUT2D eigenvalue weighted by Crippen LogP contribution is 1.82. The fourth-order valence-corrected chi connectivity index (χ4v) is 1.14. The highest BCUT2D eigenvalue weighted by atomic mass is 16.5. The molecule has 0 aromatic rings. The highest BCUT2D eigenvalue weighted by molar-refractivity contribution is 4.38. The standard InChI is InChI=1S/C8H18O5.C6H16N2O/c9-1-3-11-5-7-13-8-6-12-4-2-10;7-3-1-5-9-6-2-4-8/h9-10H,1-8H2;1-8H2. The first-order chi connectivity index (χ1) is 10.8. The summed E-state index contributed by atoms with van der Waals surface area (Å²) in [5, 5.41) is 16.7. The van der Waals surface area contributed by atoms with Gasteiger partial charge in [0, 0.05) is 13.2 Å². The van der Waals surface area contributed by atoms with Gasteiger partial charge in [0.25, 0.3) is 0 Å². The molecule has 8 heteroatoms. The summed E-state index contributed by atoms with van der Waals surface area (Å²) in [6.07, 6.45) is 1.90. The zero-order chi connectivity index (χ0) is 16.7. The Morgan fingerprint density at radius 3 is 1.14 bits per heavy atom. The summed E-state index contributed by atoms with van der Waals surface area (Å²) in [5.41, 5.74) is 10.5. The van der Waals surface area contributed by atoms with Crippen LogP contribution in [0.2, 0.25) is 0 Å². The third kappa shape index (κ3) is 27.9. The van der Waals surface area contributed by atoms with Crippen molar-refractivity contribution in [2.75, 3.05) is 79.2 Å². The fourth-order valence-electron chi connectivity index (χ4n) is 1.14. The second kappa shape index (κ2) is 25.6. The summed E-state index contributed by atoms with van der Waals surface area (Å²) in [4.78, 5) is 0. The molecule has 0 saturated carbocycles. The first-order valence-corrected chi connectivity index (χ1v) is 7.76. The lowest BCUT2D eigenvalue weighted by atomic mass is 10.4. The molecule has 0 unspecified atom stereocenters. The van der Waals surface area contributed by atoms with Gasteiger partial charge in [-0.25, -0.2) is 0 Å². The van der Waals surface area contributed by atoms with Gasteiger partial charge in [0.1, 0.15) is 0 Å². The molecule has 0 aliphatic rings. The Labute approximate surface area is 133 Å². The molecule has 0 aliphatic heterocycles. The number of nitrogens with two attached hydrogens (primary N) is 2. The van der Waals surface area contributed by atoms with Gasteiger partial charge in [-0.2, -0.15) is 0 Å². The number of ether oxygens (including phenoxy) is 4. The van der Waals surface area contributed by atoms with Crippen molar-refractivity contribution in [3.05, 3.63) is 0 Å². The molecule has 0 spiro atoms. The largest absolute Gasteiger partial charge is 0.394 e. The van der Waals surface area contributed by atoms with Crippen LogP contribution in [0.5, 0.6) is 0 Å². The molecular weight excluding hydrogens is 292 g/mol. The lowest BCUT2D eigenvalue weighted by molar-refractivity contribution is 0.00230. The predicted octanol–water partition coefficient (Wildman–Crippen LogP) is -1.28. The average molecular weight is 326 g/mol. The Hall–Kier alpha value is -0.320. The lowest BCUT2D eigenvalue weighted by Crippen LogP contribution is -2.11. The Morgan fingerprint density at radius 2 is 0.818 bits per heavy atom. The predicted molar refractivity (Wildman–Crippen MR) is 84.8 cm³/mol. The molecule has 22 heavy (non-hydrogen) atoms. The highest BCUT2D eigenvalue weighted by Gasteiger charge is 1.90. The molecule has 6 N–H and O–H groups in total. The molecule has 0 bridgehead atoms. The van der Waals surface area contributed by atoms with E-state index in [2.05, 4.69) is 0 Å². The quantitative estimate of drug-likeness (QED) is 0.258. The van der Waals surface area contributed by atoms with Crippen LogP contribution >= 0.6 is 0 Å². The smallest absolute Gasteiger partial charge is 0.0701 e. The Morgan fingerprint density at radius 1 is 0.500 bits per heavy atom. The number of rotatable bonds is 16. The maximum Gasteiger partial charge on any atom is 0.0701 e. The van der Waals surface area contributed by atoms with E-state index in [0.29, 0.717) is 52.7 Å². The van der Waals surface area contributed by atoms with Crippen LogP contribution in [0, 0.1) is 0 Å². The zero-order valence-electron chi connectivity index (χ0n) is 13.6. The second-order valence-corrected chi connectivity index (χ2v) is 4.18. The Kier molecular flexibility index (Phi) is 27.9. The lowest BCUT2D eigenvalue weighted by Gasteiger charge is -2.04. The van der Waals surface area contributed by atoms with Gasteiger partial charge in [0.2, 0.25) is 0 Å². The molecule has 0 atom stereocenters. The van der Waals surface area contributed by atoms with Gasteiger partial charge in [-0.3, -0.25) is 0 Å². The molecular formula is C14H34N2O6. The molecule has 0 aliphatic carbocycles. The first-order valence-electron chi connectivity index (χ1n) is 7.76. The van der Waals surface area contributed by atoms with Crippen LogP contribution < -0.4 is 11.5 Å². The number of aliphatic hydroxyl groups is 2. The van der Waals surface area contributed by atoms with E-state index in [1.807, 2.05) is 0 Å². The second-order valence-electron chi connectivity index (χ2n) is 4.18. The molecule has 8 nitrogen and oxygen atoms in total. The minimum Gasteiger partial charge on any atom is -0.394 e. The van der Waals surface area contributed by atoms with Crippen molar-refractivity contribution in [3.8, 4) is 0 Å². The van der Waals surface area contributed by atoms with Gasteiger partial charge in [0.15, 0.2) is 0 Å². The van der Waals surface area contributed by atoms with E-state index in [1.54, 1.807) is 0 Å². The van der Waals surface area contributed by atoms with Gasteiger partial charge in [-0.05, 0) is 25.9 Å². The van der Waals surface area contributed by atoms with Crippen LogP contribution in [0.15, 0.2) is 0 Å². The molecule has 0 aromatic heterocycles.